The zero-order chi connectivity index (χ0) is 15.9. The summed E-state index contributed by atoms with van der Waals surface area (Å²) in [6.07, 6.45) is -0.733. The summed E-state index contributed by atoms with van der Waals surface area (Å²) in [7, 11) is 0. The van der Waals surface area contributed by atoms with Gasteiger partial charge in [-0.05, 0) is 19.1 Å². The number of pyridine rings is 1. The SMILES string of the molecule is CCOC(=O)Nc1nc(N)c(N=Nc2ccccc2)cc1O. The maximum absolute atomic E-state index is 11.3. The van der Waals surface area contributed by atoms with Gasteiger partial charge in [0.15, 0.2) is 17.4 Å². The van der Waals surface area contributed by atoms with E-state index in [0.29, 0.717) is 5.69 Å². The Hall–Kier alpha value is -3.16. The van der Waals surface area contributed by atoms with Crippen LogP contribution in [-0.4, -0.2) is 22.8 Å². The van der Waals surface area contributed by atoms with Crippen LogP contribution in [-0.2, 0) is 4.74 Å². The number of hydrogen-bond donors (Lipinski definition) is 3. The minimum absolute atomic E-state index is 0.0179. The van der Waals surface area contributed by atoms with Gasteiger partial charge in [0.1, 0.15) is 5.69 Å². The van der Waals surface area contributed by atoms with E-state index in [1.807, 2.05) is 18.2 Å². The molecule has 0 saturated heterocycles. The van der Waals surface area contributed by atoms with Crippen molar-refractivity contribution in [3.63, 3.8) is 0 Å². The van der Waals surface area contributed by atoms with Crippen LogP contribution in [0.5, 0.6) is 5.75 Å². The molecule has 0 unspecified atom stereocenters. The Balaban J connectivity index is 2.19. The molecule has 0 aliphatic rings. The maximum Gasteiger partial charge on any atom is 0.412 e. The lowest BCUT2D eigenvalue weighted by Crippen LogP contribution is -2.14. The third-order valence-electron chi connectivity index (χ3n) is 2.54. The number of carbonyl (C=O) groups is 1. The van der Waals surface area contributed by atoms with Crippen LogP contribution in [0, 0.1) is 0 Å². The molecule has 1 aromatic heterocycles. The molecule has 114 valence electrons. The van der Waals surface area contributed by atoms with Gasteiger partial charge >= 0.3 is 6.09 Å². The third kappa shape index (κ3) is 3.92. The number of nitrogens with two attached hydrogens (primary N) is 1. The monoisotopic (exact) mass is 301 g/mol. The second-order valence-electron chi connectivity index (χ2n) is 4.14. The summed E-state index contributed by atoms with van der Waals surface area (Å²) < 4.78 is 4.69. The predicted octanol–water partition coefficient (Wildman–Crippen LogP) is 3.35. The van der Waals surface area contributed by atoms with E-state index in [1.165, 1.54) is 6.07 Å². The summed E-state index contributed by atoms with van der Waals surface area (Å²) in [5.41, 5.74) is 6.56. The van der Waals surface area contributed by atoms with Gasteiger partial charge in [-0.1, -0.05) is 18.2 Å². The molecule has 4 N–H and O–H groups in total. The van der Waals surface area contributed by atoms with E-state index in [4.69, 9.17) is 10.5 Å². The first-order valence-corrected chi connectivity index (χ1v) is 6.50. The Bertz CT molecular complexity index is 688. The van der Waals surface area contributed by atoms with Crippen molar-refractivity contribution < 1.29 is 14.6 Å². The number of aromatic hydroxyl groups is 1. The highest BCUT2D eigenvalue weighted by molar-refractivity contribution is 5.86. The highest BCUT2D eigenvalue weighted by Crippen LogP contribution is 2.32. The fraction of sp³-hybridized carbons (Fsp3) is 0.143. The fourth-order valence-corrected chi connectivity index (χ4v) is 1.55. The topological polar surface area (TPSA) is 122 Å². The summed E-state index contributed by atoms with van der Waals surface area (Å²) in [5, 5.41) is 20.0. The summed E-state index contributed by atoms with van der Waals surface area (Å²) in [6.45, 7) is 1.86. The van der Waals surface area contributed by atoms with Crippen molar-refractivity contribution in [1.29, 1.82) is 0 Å². The second-order valence-corrected chi connectivity index (χ2v) is 4.14. The van der Waals surface area contributed by atoms with Crippen LogP contribution in [0.25, 0.3) is 0 Å². The highest BCUT2D eigenvalue weighted by atomic mass is 16.5. The van der Waals surface area contributed by atoms with Crippen molar-refractivity contribution in [3.05, 3.63) is 36.4 Å². The smallest absolute Gasteiger partial charge is 0.412 e. The molecule has 1 heterocycles. The summed E-state index contributed by atoms with van der Waals surface area (Å²) in [6, 6.07) is 10.3. The van der Waals surface area contributed by atoms with Crippen LogP contribution in [0.15, 0.2) is 46.6 Å². The molecule has 0 fully saturated rings. The fourth-order valence-electron chi connectivity index (χ4n) is 1.55. The molecule has 2 rings (SSSR count). The van der Waals surface area contributed by atoms with E-state index in [9.17, 15) is 9.90 Å². The summed E-state index contributed by atoms with van der Waals surface area (Å²) >= 11 is 0. The first kappa shape index (κ1) is 15.2. The van der Waals surface area contributed by atoms with Crippen LogP contribution in [0.2, 0.25) is 0 Å². The van der Waals surface area contributed by atoms with Crippen molar-refractivity contribution in [1.82, 2.24) is 4.98 Å². The number of nitrogen functional groups attached to an aromatic ring is 1. The molecule has 2 aromatic rings. The lowest BCUT2D eigenvalue weighted by molar-refractivity contribution is 0.167. The van der Waals surface area contributed by atoms with Crippen molar-refractivity contribution in [2.75, 3.05) is 17.7 Å². The van der Waals surface area contributed by atoms with E-state index < -0.39 is 6.09 Å². The van der Waals surface area contributed by atoms with Crippen LogP contribution < -0.4 is 11.1 Å². The average molecular weight is 301 g/mol. The number of hydrogen-bond acceptors (Lipinski definition) is 7. The molecular weight excluding hydrogens is 286 g/mol. The molecule has 0 saturated carbocycles. The molecule has 8 heteroatoms. The Morgan fingerprint density at radius 2 is 2.09 bits per heavy atom. The Kier molecular flexibility index (Phi) is 4.86. The number of nitrogens with one attached hydrogen (secondary N) is 1. The number of aromatic nitrogens is 1. The molecule has 0 aliphatic carbocycles. The van der Waals surface area contributed by atoms with Crippen LogP contribution >= 0.6 is 0 Å². The van der Waals surface area contributed by atoms with Crippen molar-refractivity contribution >= 4 is 29.1 Å². The molecule has 22 heavy (non-hydrogen) atoms. The first-order valence-electron chi connectivity index (χ1n) is 6.50. The van der Waals surface area contributed by atoms with Crippen LogP contribution in [0.4, 0.5) is 27.8 Å². The number of nitrogens with zero attached hydrogens (tertiary/aromatic N) is 3. The normalized spacial score (nSPS) is 10.6. The van der Waals surface area contributed by atoms with E-state index in [1.54, 1.807) is 19.1 Å². The molecule has 0 bridgehead atoms. The summed E-state index contributed by atoms with van der Waals surface area (Å²) in [5.74, 6) is -0.372. The Morgan fingerprint density at radius 3 is 2.77 bits per heavy atom. The van der Waals surface area contributed by atoms with Crippen molar-refractivity contribution in [2.24, 2.45) is 10.2 Å². The van der Waals surface area contributed by atoms with E-state index in [-0.39, 0.29) is 29.7 Å². The Morgan fingerprint density at radius 1 is 1.36 bits per heavy atom. The van der Waals surface area contributed by atoms with Gasteiger partial charge in [0.05, 0.1) is 12.3 Å². The predicted molar refractivity (Wildman–Crippen MR) is 81.6 cm³/mol. The number of benzene rings is 1. The molecule has 1 aromatic carbocycles. The molecule has 1 amide bonds. The minimum atomic E-state index is -0.733. The van der Waals surface area contributed by atoms with Gasteiger partial charge in [-0.3, -0.25) is 5.32 Å². The minimum Gasteiger partial charge on any atom is -0.504 e. The molecule has 0 atom stereocenters. The van der Waals surface area contributed by atoms with Crippen LogP contribution in [0.1, 0.15) is 6.92 Å². The van der Waals surface area contributed by atoms with Crippen molar-refractivity contribution in [2.45, 2.75) is 6.92 Å². The number of azo groups is 1. The van der Waals surface area contributed by atoms with Gasteiger partial charge in [-0.25, -0.2) is 9.78 Å². The number of rotatable bonds is 4. The van der Waals surface area contributed by atoms with Gasteiger partial charge in [-0.2, -0.15) is 5.11 Å². The zero-order valence-corrected chi connectivity index (χ0v) is 11.9. The third-order valence-corrected chi connectivity index (χ3v) is 2.54. The zero-order valence-electron chi connectivity index (χ0n) is 11.9. The van der Waals surface area contributed by atoms with Gasteiger partial charge in [0.25, 0.3) is 0 Å². The molecule has 8 nitrogen and oxygen atoms in total. The largest absolute Gasteiger partial charge is 0.504 e. The molecule has 0 aliphatic heterocycles. The molecule has 0 spiro atoms. The van der Waals surface area contributed by atoms with Gasteiger partial charge in [-0.15, -0.1) is 5.11 Å². The number of amides is 1. The molecule has 0 radical (unpaired) electrons. The van der Waals surface area contributed by atoms with Gasteiger partial charge in [0, 0.05) is 6.07 Å². The standard InChI is InChI=1S/C14H15N5O3/c1-2-22-14(21)17-13-11(20)8-10(12(15)16-13)19-18-9-6-4-3-5-7-9/h3-8,20H,2H2,1H3,(H3,15,16,17,21). The first-order chi connectivity index (χ1) is 10.6. The quantitative estimate of drug-likeness (QED) is 0.747. The average Bonchev–Trinajstić information content (AvgIpc) is 2.50. The number of anilines is 2. The second kappa shape index (κ2) is 7.02. The summed E-state index contributed by atoms with van der Waals surface area (Å²) in [4.78, 5) is 15.2. The van der Waals surface area contributed by atoms with E-state index in [0.717, 1.165) is 0 Å². The van der Waals surface area contributed by atoms with Crippen molar-refractivity contribution in [3.8, 4) is 5.75 Å². The highest BCUT2D eigenvalue weighted by Gasteiger charge is 2.12. The lowest BCUT2D eigenvalue weighted by Gasteiger charge is -2.08. The van der Waals surface area contributed by atoms with E-state index in [2.05, 4.69) is 20.5 Å². The Labute approximate surface area is 126 Å². The number of ether oxygens (including phenoxy) is 1. The lowest BCUT2D eigenvalue weighted by atomic mass is 10.3. The van der Waals surface area contributed by atoms with E-state index >= 15 is 0 Å². The number of carbonyl (C=O) groups excluding carboxylic acids is 1. The van der Waals surface area contributed by atoms with Crippen LogP contribution in [0.3, 0.4) is 0 Å². The molecular formula is C14H15N5O3. The van der Waals surface area contributed by atoms with Gasteiger partial charge < -0.3 is 15.6 Å². The van der Waals surface area contributed by atoms with Gasteiger partial charge in [0.2, 0.25) is 0 Å². The maximum atomic E-state index is 11.3.